The summed E-state index contributed by atoms with van der Waals surface area (Å²) in [5.41, 5.74) is 0. The van der Waals surface area contributed by atoms with Crippen LogP contribution in [0.25, 0.3) is 0 Å². The predicted octanol–water partition coefficient (Wildman–Crippen LogP) is 1.19. The lowest BCUT2D eigenvalue weighted by molar-refractivity contribution is -0.145. The monoisotopic (exact) mass is 270 g/mol. The van der Waals surface area contributed by atoms with Crippen molar-refractivity contribution < 1.29 is 23.8 Å². The molecule has 0 aromatic rings. The second-order valence-electron chi connectivity index (χ2n) is 4.94. The predicted molar refractivity (Wildman–Crippen MR) is 66.3 cm³/mol. The summed E-state index contributed by atoms with van der Waals surface area (Å²) < 4.78 is 15.4. The maximum Gasteiger partial charge on any atom is 0.407 e. The average Bonchev–Trinajstić information content (AvgIpc) is 2.97. The second-order valence-corrected chi connectivity index (χ2v) is 4.94. The maximum atomic E-state index is 11.5. The molecule has 0 bridgehead atoms. The van der Waals surface area contributed by atoms with E-state index in [1.807, 2.05) is 0 Å². The van der Waals surface area contributed by atoms with E-state index in [2.05, 4.69) is 5.32 Å². The molecule has 6 heteroatoms. The largest absolute Gasteiger partial charge is 0.460 e. The molecule has 0 spiro atoms. The molecule has 19 heavy (non-hydrogen) atoms. The van der Waals surface area contributed by atoms with Gasteiger partial charge in [0.2, 0.25) is 0 Å². The molecule has 1 N–H and O–H groups in total. The van der Waals surface area contributed by atoms with Crippen LogP contribution in [0.2, 0.25) is 0 Å². The standard InChI is InChI=1S/C13H20NO5/c1-9(15)19-12-6-11(17-8-12)7-18-13(16)14-10-4-2-3-5-10/h6,10-12H,2-5,7-8H2,1H3,(H,14,16)/t11-,12-/m1/s1. The van der Waals surface area contributed by atoms with Crippen molar-refractivity contribution in [3.63, 3.8) is 0 Å². The molecule has 0 aromatic heterocycles. The fourth-order valence-corrected chi connectivity index (χ4v) is 2.40. The van der Waals surface area contributed by atoms with E-state index in [1.165, 1.54) is 6.92 Å². The molecule has 1 amide bonds. The number of rotatable bonds is 4. The van der Waals surface area contributed by atoms with Gasteiger partial charge >= 0.3 is 12.1 Å². The summed E-state index contributed by atoms with van der Waals surface area (Å²) in [4.78, 5) is 22.3. The molecule has 107 valence electrons. The number of ether oxygens (including phenoxy) is 3. The van der Waals surface area contributed by atoms with Crippen molar-refractivity contribution in [1.82, 2.24) is 5.32 Å². The van der Waals surface area contributed by atoms with E-state index in [0.29, 0.717) is 6.61 Å². The van der Waals surface area contributed by atoms with Crippen molar-refractivity contribution in [1.29, 1.82) is 0 Å². The van der Waals surface area contributed by atoms with Crippen LogP contribution >= 0.6 is 0 Å². The Morgan fingerprint density at radius 3 is 2.79 bits per heavy atom. The first-order valence-corrected chi connectivity index (χ1v) is 6.70. The molecule has 6 nitrogen and oxygen atoms in total. The average molecular weight is 270 g/mol. The highest BCUT2D eigenvalue weighted by Gasteiger charge is 2.29. The lowest BCUT2D eigenvalue weighted by Crippen LogP contribution is -2.34. The molecule has 2 rings (SSSR count). The third-order valence-electron chi connectivity index (χ3n) is 3.28. The van der Waals surface area contributed by atoms with Gasteiger partial charge in [-0.1, -0.05) is 12.8 Å². The minimum Gasteiger partial charge on any atom is -0.460 e. The van der Waals surface area contributed by atoms with Crippen LogP contribution in [0.4, 0.5) is 4.79 Å². The minimum atomic E-state index is -0.403. The Morgan fingerprint density at radius 1 is 1.37 bits per heavy atom. The zero-order chi connectivity index (χ0) is 13.7. The Bertz CT molecular complexity index is 327. The van der Waals surface area contributed by atoms with Crippen LogP contribution in [0.3, 0.4) is 0 Å². The topological polar surface area (TPSA) is 73.9 Å². The number of hydrogen-bond acceptors (Lipinski definition) is 5. The number of hydrogen-bond donors (Lipinski definition) is 1. The number of esters is 1. The van der Waals surface area contributed by atoms with Gasteiger partial charge < -0.3 is 19.5 Å². The molecule has 1 aliphatic heterocycles. The van der Waals surface area contributed by atoms with E-state index in [-0.39, 0.29) is 30.8 Å². The van der Waals surface area contributed by atoms with Gasteiger partial charge in [0.15, 0.2) is 0 Å². The van der Waals surface area contributed by atoms with Gasteiger partial charge in [-0.15, -0.1) is 0 Å². The number of alkyl carbamates (subject to hydrolysis) is 1. The van der Waals surface area contributed by atoms with Crippen molar-refractivity contribution in [2.24, 2.45) is 0 Å². The molecule has 2 atom stereocenters. The van der Waals surface area contributed by atoms with Gasteiger partial charge in [0.1, 0.15) is 12.7 Å². The van der Waals surface area contributed by atoms with Crippen LogP contribution in [0.5, 0.6) is 0 Å². The van der Waals surface area contributed by atoms with Crippen LogP contribution in [0, 0.1) is 6.42 Å². The summed E-state index contributed by atoms with van der Waals surface area (Å²) in [6.07, 6.45) is 5.06. The molecule has 0 aromatic carbocycles. The number of carbonyl (C=O) groups excluding carboxylic acids is 2. The van der Waals surface area contributed by atoms with Crippen molar-refractivity contribution in [2.75, 3.05) is 13.2 Å². The fourth-order valence-electron chi connectivity index (χ4n) is 2.40. The molecule has 1 heterocycles. The SMILES string of the molecule is CC(=O)O[C@@H]1[CH][C@H](COC(=O)NC2CCCC2)OC1. The molecule has 2 fully saturated rings. The highest BCUT2D eigenvalue weighted by Crippen LogP contribution is 2.18. The van der Waals surface area contributed by atoms with Crippen LogP contribution in [0.1, 0.15) is 32.6 Å². The van der Waals surface area contributed by atoms with Gasteiger partial charge in [-0.05, 0) is 12.8 Å². The van der Waals surface area contributed by atoms with E-state index in [9.17, 15) is 9.59 Å². The lowest BCUT2D eigenvalue weighted by Gasteiger charge is -2.14. The molecule has 1 saturated heterocycles. The van der Waals surface area contributed by atoms with Crippen LogP contribution in [0.15, 0.2) is 0 Å². The van der Waals surface area contributed by atoms with Crippen molar-refractivity contribution in [3.05, 3.63) is 6.42 Å². The smallest absolute Gasteiger partial charge is 0.407 e. The summed E-state index contributed by atoms with van der Waals surface area (Å²) in [6.45, 7) is 1.82. The normalized spacial score (nSPS) is 27.2. The van der Waals surface area contributed by atoms with Gasteiger partial charge in [-0.3, -0.25) is 4.79 Å². The minimum absolute atomic E-state index is 0.149. The van der Waals surface area contributed by atoms with E-state index in [0.717, 1.165) is 25.7 Å². The Kier molecular flexibility index (Phi) is 5.01. The number of nitrogens with one attached hydrogen (secondary N) is 1. The second kappa shape index (κ2) is 6.75. The summed E-state index contributed by atoms with van der Waals surface area (Å²) in [5.74, 6) is -0.342. The highest BCUT2D eigenvalue weighted by molar-refractivity contribution is 5.67. The third-order valence-corrected chi connectivity index (χ3v) is 3.28. The Hall–Kier alpha value is -1.30. The highest BCUT2D eigenvalue weighted by atomic mass is 16.6. The van der Waals surface area contributed by atoms with Gasteiger partial charge in [-0.2, -0.15) is 0 Å². The van der Waals surface area contributed by atoms with Gasteiger partial charge in [0.05, 0.1) is 12.7 Å². The molecule has 1 saturated carbocycles. The van der Waals surface area contributed by atoms with Crippen molar-refractivity contribution in [2.45, 2.75) is 50.9 Å². The summed E-state index contributed by atoms with van der Waals surface area (Å²) in [5, 5.41) is 2.83. The zero-order valence-corrected chi connectivity index (χ0v) is 11.1. The lowest BCUT2D eigenvalue weighted by atomic mass is 10.2. The Morgan fingerprint density at radius 2 is 2.11 bits per heavy atom. The van der Waals surface area contributed by atoms with Crippen LogP contribution in [-0.4, -0.2) is 43.5 Å². The van der Waals surface area contributed by atoms with E-state index in [4.69, 9.17) is 14.2 Å². The molecular weight excluding hydrogens is 250 g/mol. The van der Waals surface area contributed by atoms with Gasteiger partial charge in [0.25, 0.3) is 0 Å². The number of carbonyl (C=O) groups is 2. The summed E-state index contributed by atoms with van der Waals surface area (Å²) in [7, 11) is 0. The maximum absolute atomic E-state index is 11.5. The summed E-state index contributed by atoms with van der Waals surface area (Å²) in [6, 6.07) is 0.245. The van der Waals surface area contributed by atoms with E-state index in [1.54, 1.807) is 6.42 Å². The quantitative estimate of drug-likeness (QED) is 0.777. The number of amides is 1. The molecule has 1 aliphatic carbocycles. The Balaban J connectivity index is 1.60. The summed E-state index contributed by atoms with van der Waals surface area (Å²) >= 11 is 0. The first kappa shape index (κ1) is 14.1. The Labute approximate surface area is 112 Å². The van der Waals surface area contributed by atoms with Crippen LogP contribution in [-0.2, 0) is 19.0 Å². The third kappa shape index (κ3) is 4.70. The first-order valence-electron chi connectivity index (χ1n) is 6.70. The van der Waals surface area contributed by atoms with Gasteiger partial charge in [0, 0.05) is 19.4 Å². The van der Waals surface area contributed by atoms with E-state index >= 15 is 0 Å². The van der Waals surface area contributed by atoms with Crippen LogP contribution < -0.4 is 5.32 Å². The van der Waals surface area contributed by atoms with Crippen molar-refractivity contribution >= 4 is 12.1 Å². The molecular formula is C13H20NO5. The van der Waals surface area contributed by atoms with E-state index < -0.39 is 6.09 Å². The van der Waals surface area contributed by atoms with Crippen molar-refractivity contribution in [3.8, 4) is 0 Å². The molecule has 0 unspecified atom stereocenters. The fraction of sp³-hybridized carbons (Fsp3) is 0.769. The van der Waals surface area contributed by atoms with Gasteiger partial charge in [-0.25, -0.2) is 4.79 Å². The first-order chi connectivity index (χ1) is 9.13. The zero-order valence-electron chi connectivity index (χ0n) is 11.1. The molecule has 1 radical (unpaired) electrons. The molecule has 2 aliphatic rings.